The molecular formula is C26H30ClN3S. The molecule has 1 aliphatic heterocycles. The molecular weight excluding hydrogens is 422 g/mol. The van der Waals surface area contributed by atoms with Gasteiger partial charge in [0.05, 0.1) is 22.0 Å². The van der Waals surface area contributed by atoms with E-state index in [9.17, 15) is 0 Å². The monoisotopic (exact) mass is 451 g/mol. The van der Waals surface area contributed by atoms with Crippen molar-refractivity contribution in [1.29, 1.82) is 0 Å². The summed E-state index contributed by atoms with van der Waals surface area (Å²) in [7, 11) is 0. The van der Waals surface area contributed by atoms with Crippen LogP contribution >= 0.6 is 22.9 Å². The summed E-state index contributed by atoms with van der Waals surface area (Å²) in [5.74, 6) is 1.03. The highest BCUT2D eigenvalue weighted by molar-refractivity contribution is 7.18. The predicted molar refractivity (Wildman–Crippen MR) is 133 cm³/mol. The van der Waals surface area contributed by atoms with Gasteiger partial charge in [0.15, 0.2) is 0 Å². The van der Waals surface area contributed by atoms with Gasteiger partial charge < -0.3 is 10.2 Å². The Hall–Kier alpha value is -2.10. The van der Waals surface area contributed by atoms with E-state index in [1.54, 1.807) is 11.3 Å². The van der Waals surface area contributed by atoms with Crippen molar-refractivity contribution < 1.29 is 0 Å². The van der Waals surface area contributed by atoms with Crippen LogP contribution in [-0.2, 0) is 6.54 Å². The summed E-state index contributed by atoms with van der Waals surface area (Å²) in [6, 6.07) is 16.9. The van der Waals surface area contributed by atoms with Gasteiger partial charge in [-0.25, -0.2) is 4.98 Å². The lowest BCUT2D eigenvalue weighted by molar-refractivity contribution is 0.229. The molecule has 1 atom stereocenters. The number of piperidine rings is 1. The van der Waals surface area contributed by atoms with Crippen LogP contribution in [0.1, 0.15) is 43.2 Å². The van der Waals surface area contributed by atoms with Gasteiger partial charge in [0.2, 0.25) is 0 Å². The fraction of sp³-hybridized carbons (Fsp3) is 0.385. The Bertz CT molecular complexity index is 1020. The lowest BCUT2D eigenvalue weighted by atomic mass is 9.88. The van der Waals surface area contributed by atoms with Gasteiger partial charge in [0.1, 0.15) is 5.01 Å². The fourth-order valence-electron chi connectivity index (χ4n) is 4.45. The largest absolute Gasteiger partial charge is 0.367 e. The summed E-state index contributed by atoms with van der Waals surface area (Å²) in [5, 5.41) is 5.67. The molecule has 0 bridgehead atoms. The second-order valence-electron chi connectivity index (χ2n) is 8.55. The normalized spacial score (nSPS) is 15.9. The first-order valence-electron chi connectivity index (χ1n) is 11.0. The van der Waals surface area contributed by atoms with Crippen molar-refractivity contribution in [2.75, 3.05) is 13.1 Å². The molecule has 1 aromatic heterocycles. The summed E-state index contributed by atoms with van der Waals surface area (Å²) in [4.78, 5) is 7.25. The minimum Gasteiger partial charge on any atom is -0.367 e. The third-order valence-electron chi connectivity index (χ3n) is 6.13. The van der Waals surface area contributed by atoms with Crippen molar-refractivity contribution in [3.63, 3.8) is 0 Å². The molecule has 3 aromatic rings. The second-order valence-corrected chi connectivity index (χ2v) is 10.1. The number of rotatable bonds is 7. The predicted octanol–water partition coefficient (Wildman–Crippen LogP) is 6.61. The van der Waals surface area contributed by atoms with Crippen LogP contribution in [0.15, 0.2) is 66.5 Å². The number of thiazole rings is 1. The number of nitrogens with one attached hydrogen (secondary N) is 1. The average Bonchev–Trinajstić information content (AvgIpc) is 3.20. The maximum Gasteiger partial charge on any atom is 0.108 e. The van der Waals surface area contributed by atoms with Crippen LogP contribution in [0.2, 0.25) is 5.02 Å². The van der Waals surface area contributed by atoms with Crippen LogP contribution < -0.4 is 5.32 Å². The summed E-state index contributed by atoms with van der Waals surface area (Å²) in [6.07, 6.45) is 2.27. The number of benzene rings is 2. The molecule has 1 unspecified atom stereocenters. The first-order valence-corrected chi connectivity index (χ1v) is 12.2. The van der Waals surface area contributed by atoms with E-state index in [0.717, 1.165) is 48.0 Å². The smallest absolute Gasteiger partial charge is 0.108 e. The Labute approximate surface area is 194 Å². The average molecular weight is 452 g/mol. The van der Waals surface area contributed by atoms with Crippen molar-refractivity contribution >= 4 is 33.2 Å². The van der Waals surface area contributed by atoms with Crippen molar-refractivity contribution in [3.8, 4) is 0 Å². The van der Waals surface area contributed by atoms with E-state index in [-0.39, 0.29) is 6.04 Å². The third-order valence-corrected chi connectivity index (χ3v) is 7.42. The number of hydrogen-bond donors (Lipinski definition) is 1. The van der Waals surface area contributed by atoms with Gasteiger partial charge in [-0.15, -0.1) is 17.1 Å². The molecule has 1 saturated heterocycles. The van der Waals surface area contributed by atoms with Crippen LogP contribution in [0.4, 0.5) is 0 Å². The molecule has 162 valence electrons. The van der Waals surface area contributed by atoms with Crippen LogP contribution in [0.25, 0.3) is 10.2 Å². The molecule has 4 rings (SSSR count). The minimum atomic E-state index is 0.205. The van der Waals surface area contributed by atoms with Gasteiger partial charge in [0.25, 0.3) is 0 Å². The van der Waals surface area contributed by atoms with Gasteiger partial charge in [-0.05, 0) is 54.5 Å². The first kappa shape index (κ1) is 22.1. The lowest BCUT2D eigenvalue weighted by Gasteiger charge is -2.38. The molecule has 1 N–H and O–H groups in total. The minimum absolute atomic E-state index is 0.205. The van der Waals surface area contributed by atoms with E-state index < -0.39 is 0 Å². The van der Waals surface area contributed by atoms with Crippen molar-refractivity contribution in [2.24, 2.45) is 5.92 Å². The van der Waals surface area contributed by atoms with Crippen LogP contribution in [0.3, 0.4) is 0 Å². The summed E-state index contributed by atoms with van der Waals surface area (Å²) < 4.78 is 1.24. The molecule has 0 aliphatic carbocycles. The SMILES string of the molecule is C=C=C(C(NCc1nc2ccccc2s1)C(C)C)N1CCC(c2ccc(Cl)cc2)CC1. The Balaban J connectivity index is 1.41. The molecule has 31 heavy (non-hydrogen) atoms. The zero-order chi connectivity index (χ0) is 21.8. The van der Waals surface area contributed by atoms with Crippen LogP contribution in [0.5, 0.6) is 0 Å². The topological polar surface area (TPSA) is 28.2 Å². The molecule has 3 nitrogen and oxygen atoms in total. The summed E-state index contributed by atoms with van der Waals surface area (Å²) in [5.41, 5.74) is 6.93. The van der Waals surface area contributed by atoms with Crippen LogP contribution in [-0.4, -0.2) is 29.0 Å². The number of nitrogens with zero attached hydrogens (tertiary/aromatic N) is 2. The number of aromatic nitrogens is 1. The number of fused-ring (bicyclic) bond motifs is 1. The maximum atomic E-state index is 6.06. The van der Waals surface area contributed by atoms with Crippen molar-refractivity contribution in [1.82, 2.24) is 15.2 Å². The number of hydrogen-bond acceptors (Lipinski definition) is 4. The molecule has 2 heterocycles. The highest BCUT2D eigenvalue weighted by Gasteiger charge is 2.27. The molecule has 2 aromatic carbocycles. The molecule has 0 radical (unpaired) electrons. The summed E-state index contributed by atoms with van der Waals surface area (Å²) in [6.45, 7) is 11.4. The lowest BCUT2D eigenvalue weighted by Crippen LogP contribution is -2.44. The van der Waals surface area contributed by atoms with E-state index in [1.165, 1.54) is 16.0 Å². The van der Waals surface area contributed by atoms with Crippen molar-refractivity contribution in [2.45, 2.75) is 45.2 Å². The Morgan fingerprint density at radius 1 is 1.19 bits per heavy atom. The molecule has 1 fully saturated rings. The Kier molecular flexibility index (Phi) is 7.14. The van der Waals surface area contributed by atoms with E-state index in [0.29, 0.717) is 11.8 Å². The highest BCUT2D eigenvalue weighted by atomic mass is 35.5. The molecule has 0 saturated carbocycles. The Morgan fingerprint density at radius 3 is 2.55 bits per heavy atom. The Morgan fingerprint density at radius 2 is 1.90 bits per heavy atom. The zero-order valence-electron chi connectivity index (χ0n) is 18.3. The van der Waals surface area contributed by atoms with E-state index >= 15 is 0 Å². The van der Waals surface area contributed by atoms with Gasteiger partial charge in [-0.3, -0.25) is 0 Å². The number of halogens is 1. The van der Waals surface area contributed by atoms with Gasteiger partial charge in [0, 0.05) is 24.7 Å². The zero-order valence-corrected chi connectivity index (χ0v) is 19.8. The van der Waals surface area contributed by atoms with Gasteiger partial charge in [-0.2, -0.15) is 0 Å². The van der Waals surface area contributed by atoms with E-state index in [4.69, 9.17) is 16.6 Å². The van der Waals surface area contributed by atoms with E-state index in [1.807, 2.05) is 18.2 Å². The number of likely N-dealkylation sites (tertiary alicyclic amines) is 1. The van der Waals surface area contributed by atoms with Gasteiger partial charge >= 0.3 is 0 Å². The van der Waals surface area contributed by atoms with E-state index in [2.05, 4.69) is 66.7 Å². The number of para-hydroxylation sites is 1. The first-order chi connectivity index (χ1) is 15.0. The third kappa shape index (κ3) is 5.22. The van der Waals surface area contributed by atoms with Crippen molar-refractivity contribution in [3.05, 3.63) is 82.1 Å². The molecule has 5 heteroatoms. The fourth-order valence-corrected chi connectivity index (χ4v) is 5.49. The molecule has 1 aliphatic rings. The standard InChI is InChI=1S/C26H30ClN3S/c1-4-23(30-15-13-20(14-16-30)19-9-11-21(27)12-10-19)26(18(2)3)28-17-25-29-22-7-5-6-8-24(22)31-25/h5-12,18,20,26,28H,1,13-17H2,2-3H3. The van der Waals surface area contributed by atoms with Gasteiger partial charge in [-0.1, -0.05) is 56.3 Å². The second kappa shape index (κ2) is 10.0. The maximum absolute atomic E-state index is 6.06. The molecule has 0 spiro atoms. The highest BCUT2D eigenvalue weighted by Crippen LogP contribution is 2.31. The summed E-state index contributed by atoms with van der Waals surface area (Å²) >= 11 is 7.82. The molecule has 0 amide bonds. The van der Waals surface area contributed by atoms with Crippen LogP contribution in [0, 0.1) is 5.92 Å². The quantitative estimate of drug-likeness (QED) is 0.409.